The number of nitrogens with two attached hydrogens (primary N) is 1. The molecule has 13 heavy (non-hydrogen) atoms. The molecule has 0 heterocycles. The molecule has 0 aliphatic carbocycles. The summed E-state index contributed by atoms with van der Waals surface area (Å²) in [6, 6.07) is 0. The van der Waals surface area contributed by atoms with E-state index in [9.17, 15) is 0 Å². The van der Waals surface area contributed by atoms with Gasteiger partial charge < -0.3 is 10.6 Å². The van der Waals surface area contributed by atoms with E-state index in [1.807, 2.05) is 6.92 Å². The number of hydrogen-bond donors (Lipinski definition) is 1. The lowest BCUT2D eigenvalue weighted by atomic mass is 10.1. The Balaban J connectivity index is 4.09. The zero-order valence-electron chi connectivity index (χ0n) is 9.38. The first-order chi connectivity index (χ1) is 6.15. The molecule has 0 saturated carbocycles. The van der Waals surface area contributed by atoms with E-state index in [1.165, 1.54) is 6.42 Å². The van der Waals surface area contributed by atoms with E-state index in [0.717, 1.165) is 19.6 Å². The molecule has 0 bridgehead atoms. The molecule has 0 saturated heterocycles. The highest BCUT2D eigenvalue weighted by Gasteiger charge is 2.08. The van der Waals surface area contributed by atoms with Crippen LogP contribution in [-0.4, -0.2) is 30.5 Å². The van der Waals surface area contributed by atoms with Crippen LogP contribution in [0.3, 0.4) is 0 Å². The van der Waals surface area contributed by atoms with Crippen molar-refractivity contribution in [3.8, 4) is 0 Å². The predicted octanol–water partition coefficient (Wildman–Crippen LogP) is 1.69. The van der Waals surface area contributed by atoms with E-state index in [4.69, 9.17) is 5.73 Å². The highest BCUT2D eigenvalue weighted by atomic mass is 15.2. The van der Waals surface area contributed by atoms with E-state index in [0.29, 0.717) is 11.9 Å². The lowest BCUT2D eigenvalue weighted by Crippen LogP contribution is -2.40. The van der Waals surface area contributed by atoms with Crippen molar-refractivity contribution < 1.29 is 0 Å². The van der Waals surface area contributed by atoms with Crippen molar-refractivity contribution in [2.75, 3.05) is 19.6 Å². The molecule has 0 radical (unpaired) electrons. The summed E-state index contributed by atoms with van der Waals surface area (Å²) in [5.41, 5.74) is 5.82. The maximum atomic E-state index is 5.82. The molecule has 3 nitrogen and oxygen atoms in total. The van der Waals surface area contributed by atoms with Crippen LogP contribution in [0.4, 0.5) is 0 Å². The Morgan fingerprint density at radius 2 is 2.00 bits per heavy atom. The van der Waals surface area contributed by atoms with Gasteiger partial charge in [-0.05, 0) is 19.8 Å². The second kappa shape index (κ2) is 6.75. The molecular formula is C10H23N3. The van der Waals surface area contributed by atoms with Crippen LogP contribution >= 0.6 is 0 Å². The molecule has 1 unspecified atom stereocenters. The van der Waals surface area contributed by atoms with Gasteiger partial charge in [-0.25, -0.2) is 0 Å². The number of nitrogens with zero attached hydrogens (tertiary/aromatic N) is 2. The van der Waals surface area contributed by atoms with Crippen LogP contribution in [0.25, 0.3) is 0 Å². The Morgan fingerprint density at radius 3 is 2.38 bits per heavy atom. The molecule has 0 aromatic carbocycles. The van der Waals surface area contributed by atoms with Gasteiger partial charge in [-0.15, -0.1) is 0 Å². The van der Waals surface area contributed by atoms with Crippen LogP contribution in [0.1, 0.15) is 34.1 Å². The van der Waals surface area contributed by atoms with Crippen molar-refractivity contribution in [2.45, 2.75) is 34.1 Å². The minimum Gasteiger partial charge on any atom is -0.370 e. The number of hydrogen-bond acceptors (Lipinski definition) is 1. The summed E-state index contributed by atoms with van der Waals surface area (Å²) in [7, 11) is 0. The SMILES string of the molecule is CCN=C(N)N(CC)CC(C)CC. The van der Waals surface area contributed by atoms with E-state index in [-0.39, 0.29) is 0 Å². The fourth-order valence-electron chi connectivity index (χ4n) is 1.15. The molecule has 0 spiro atoms. The number of aliphatic imine (C=N–C) groups is 1. The zero-order valence-corrected chi connectivity index (χ0v) is 9.38. The summed E-state index contributed by atoms with van der Waals surface area (Å²) >= 11 is 0. The molecule has 78 valence electrons. The standard InChI is InChI=1S/C10H23N3/c1-5-9(4)8-13(7-3)10(11)12-6-2/h9H,5-8H2,1-4H3,(H2,11,12). The van der Waals surface area contributed by atoms with Gasteiger partial charge in [-0.3, -0.25) is 4.99 Å². The van der Waals surface area contributed by atoms with Gasteiger partial charge in [-0.1, -0.05) is 20.3 Å². The Hall–Kier alpha value is -0.730. The molecule has 0 aliphatic heterocycles. The lowest BCUT2D eigenvalue weighted by Gasteiger charge is -2.24. The molecule has 0 amide bonds. The van der Waals surface area contributed by atoms with Crippen LogP contribution in [0.5, 0.6) is 0 Å². The van der Waals surface area contributed by atoms with Crippen LogP contribution < -0.4 is 5.73 Å². The summed E-state index contributed by atoms with van der Waals surface area (Å²) in [6.45, 7) is 11.3. The zero-order chi connectivity index (χ0) is 10.3. The smallest absolute Gasteiger partial charge is 0.191 e. The Kier molecular flexibility index (Phi) is 6.37. The van der Waals surface area contributed by atoms with Crippen molar-refractivity contribution in [1.82, 2.24) is 4.90 Å². The highest BCUT2D eigenvalue weighted by Crippen LogP contribution is 2.03. The third-order valence-corrected chi connectivity index (χ3v) is 2.25. The van der Waals surface area contributed by atoms with E-state index >= 15 is 0 Å². The van der Waals surface area contributed by atoms with Gasteiger partial charge in [-0.2, -0.15) is 0 Å². The Morgan fingerprint density at radius 1 is 1.38 bits per heavy atom. The highest BCUT2D eigenvalue weighted by molar-refractivity contribution is 5.78. The monoisotopic (exact) mass is 185 g/mol. The minimum atomic E-state index is 0.685. The largest absolute Gasteiger partial charge is 0.370 e. The van der Waals surface area contributed by atoms with Gasteiger partial charge >= 0.3 is 0 Å². The Bertz CT molecular complexity index is 154. The molecule has 0 aromatic rings. The molecular weight excluding hydrogens is 162 g/mol. The summed E-state index contributed by atoms with van der Waals surface area (Å²) < 4.78 is 0. The fourth-order valence-corrected chi connectivity index (χ4v) is 1.15. The van der Waals surface area contributed by atoms with Gasteiger partial charge in [0.2, 0.25) is 0 Å². The van der Waals surface area contributed by atoms with E-state index < -0.39 is 0 Å². The first-order valence-electron chi connectivity index (χ1n) is 5.20. The number of rotatable bonds is 5. The van der Waals surface area contributed by atoms with Gasteiger partial charge in [0.05, 0.1) is 0 Å². The second-order valence-corrected chi connectivity index (χ2v) is 3.38. The normalized spacial score (nSPS) is 14.3. The maximum absolute atomic E-state index is 5.82. The van der Waals surface area contributed by atoms with Crippen molar-refractivity contribution in [3.63, 3.8) is 0 Å². The van der Waals surface area contributed by atoms with E-state index in [2.05, 4.69) is 30.7 Å². The minimum absolute atomic E-state index is 0.685. The Labute approximate surface area is 82.0 Å². The van der Waals surface area contributed by atoms with Crippen LogP contribution in [0.15, 0.2) is 4.99 Å². The van der Waals surface area contributed by atoms with E-state index in [1.54, 1.807) is 0 Å². The summed E-state index contributed by atoms with van der Waals surface area (Å²) in [5.74, 6) is 1.37. The average Bonchev–Trinajstić information content (AvgIpc) is 2.14. The molecule has 2 N–H and O–H groups in total. The number of guanidine groups is 1. The molecule has 0 fully saturated rings. The van der Waals surface area contributed by atoms with Gasteiger partial charge in [0.15, 0.2) is 5.96 Å². The van der Waals surface area contributed by atoms with Crippen LogP contribution in [-0.2, 0) is 0 Å². The van der Waals surface area contributed by atoms with Crippen molar-refractivity contribution >= 4 is 5.96 Å². The summed E-state index contributed by atoms with van der Waals surface area (Å²) in [6.07, 6.45) is 1.19. The summed E-state index contributed by atoms with van der Waals surface area (Å²) in [5, 5.41) is 0. The third kappa shape index (κ3) is 4.76. The van der Waals surface area contributed by atoms with Gasteiger partial charge in [0.1, 0.15) is 0 Å². The van der Waals surface area contributed by atoms with Crippen molar-refractivity contribution in [2.24, 2.45) is 16.6 Å². The quantitative estimate of drug-likeness (QED) is 0.523. The first kappa shape index (κ1) is 12.3. The maximum Gasteiger partial charge on any atom is 0.191 e. The fraction of sp³-hybridized carbons (Fsp3) is 0.900. The van der Waals surface area contributed by atoms with Crippen LogP contribution in [0, 0.1) is 5.92 Å². The topological polar surface area (TPSA) is 41.6 Å². The molecule has 0 aromatic heterocycles. The van der Waals surface area contributed by atoms with Crippen molar-refractivity contribution in [1.29, 1.82) is 0 Å². The first-order valence-corrected chi connectivity index (χ1v) is 5.20. The van der Waals surface area contributed by atoms with Gasteiger partial charge in [0.25, 0.3) is 0 Å². The van der Waals surface area contributed by atoms with Gasteiger partial charge in [0, 0.05) is 19.6 Å². The van der Waals surface area contributed by atoms with Crippen molar-refractivity contribution in [3.05, 3.63) is 0 Å². The third-order valence-electron chi connectivity index (χ3n) is 2.25. The predicted molar refractivity (Wildman–Crippen MR) is 58.9 cm³/mol. The average molecular weight is 185 g/mol. The van der Waals surface area contributed by atoms with Crippen LogP contribution in [0.2, 0.25) is 0 Å². The molecule has 3 heteroatoms. The lowest BCUT2D eigenvalue weighted by molar-refractivity contribution is 0.355. The molecule has 1 atom stereocenters. The molecule has 0 aliphatic rings. The second-order valence-electron chi connectivity index (χ2n) is 3.38. The molecule has 0 rings (SSSR count). The summed E-state index contributed by atoms with van der Waals surface area (Å²) in [4.78, 5) is 6.34.